The van der Waals surface area contributed by atoms with Gasteiger partial charge in [-0.25, -0.2) is 0 Å². The number of benzene rings is 1. The van der Waals surface area contributed by atoms with Gasteiger partial charge in [0.15, 0.2) is 0 Å². The molecule has 1 saturated heterocycles. The zero-order chi connectivity index (χ0) is 9.80. The van der Waals surface area contributed by atoms with Crippen molar-refractivity contribution >= 4 is 12.0 Å². The Kier molecular flexibility index (Phi) is 2.63. The molecule has 1 aliphatic rings. The number of rotatable bonds is 2. The van der Waals surface area contributed by atoms with Crippen LogP contribution in [0.25, 0.3) is 6.08 Å². The molecule has 1 aliphatic heterocycles. The number of cyclic esters (lactones) is 1. The lowest BCUT2D eigenvalue weighted by atomic mass is 10.1. The summed E-state index contributed by atoms with van der Waals surface area (Å²) in [5, 5.41) is 0. The van der Waals surface area contributed by atoms with Gasteiger partial charge in [-0.05, 0) is 18.1 Å². The third-order valence-corrected chi connectivity index (χ3v) is 2.22. The van der Waals surface area contributed by atoms with Crippen molar-refractivity contribution in [3.8, 4) is 0 Å². The first kappa shape index (κ1) is 9.00. The first-order valence-corrected chi connectivity index (χ1v) is 4.77. The van der Waals surface area contributed by atoms with E-state index in [4.69, 9.17) is 4.74 Å². The summed E-state index contributed by atoms with van der Waals surface area (Å²) in [5.41, 5.74) is 1.13. The molecule has 1 fully saturated rings. The molecule has 72 valence electrons. The van der Waals surface area contributed by atoms with Crippen LogP contribution in [0.3, 0.4) is 0 Å². The molecule has 14 heavy (non-hydrogen) atoms. The van der Waals surface area contributed by atoms with Gasteiger partial charge in [-0.1, -0.05) is 36.4 Å². The number of carbonyl (C=O) groups is 1. The van der Waals surface area contributed by atoms with E-state index in [1.54, 1.807) is 0 Å². The van der Waals surface area contributed by atoms with Crippen LogP contribution in [0.2, 0.25) is 0 Å². The highest BCUT2D eigenvalue weighted by Crippen LogP contribution is 2.15. The summed E-state index contributed by atoms with van der Waals surface area (Å²) in [4.78, 5) is 10.8. The fourth-order valence-electron chi connectivity index (χ4n) is 1.46. The van der Waals surface area contributed by atoms with E-state index in [-0.39, 0.29) is 12.1 Å². The third kappa shape index (κ3) is 2.22. The molecule has 1 aromatic rings. The molecule has 2 rings (SSSR count). The first-order chi connectivity index (χ1) is 6.84. The second-order valence-corrected chi connectivity index (χ2v) is 3.34. The fourth-order valence-corrected chi connectivity index (χ4v) is 1.46. The smallest absolute Gasteiger partial charge is 0.306 e. The topological polar surface area (TPSA) is 26.3 Å². The van der Waals surface area contributed by atoms with Crippen molar-refractivity contribution in [2.75, 3.05) is 0 Å². The minimum Gasteiger partial charge on any atom is -0.458 e. The van der Waals surface area contributed by atoms with Crippen molar-refractivity contribution in [1.82, 2.24) is 0 Å². The maximum absolute atomic E-state index is 10.8. The average Bonchev–Trinajstić information content (AvgIpc) is 2.63. The predicted octanol–water partition coefficient (Wildman–Crippen LogP) is 2.41. The Morgan fingerprint density at radius 2 is 2.07 bits per heavy atom. The van der Waals surface area contributed by atoms with E-state index < -0.39 is 0 Å². The SMILES string of the molecule is O=C1CCC(C=Cc2ccccc2)O1. The van der Waals surface area contributed by atoms with Crippen LogP contribution in [0, 0.1) is 0 Å². The lowest BCUT2D eigenvalue weighted by molar-refractivity contribution is -0.139. The Morgan fingerprint density at radius 3 is 2.71 bits per heavy atom. The van der Waals surface area contributed by atoms with Gasteiger partial charge in [0.05, 0.1) is 0 Å². The zero-order valence-corrected chi connectivity index (χ0v) is 7.85. The molecule has 0 aromatic heterocycles. The molecule has 0 saturated carbocycles. The zero-order valence-electron chi connectivity index (χ0n) is 7.85. The summed E-state index contributed by atoms with van der Waals surface area (Å²) in [6.45, 7) is 0. The van der Waals surface area contributed by atoms with Gasteiger partial charge in [0, 0.05) is 6.42 Å². The van der Waals surface area contributed by atoms with Gasteiger partial charge in [-0.3, -0.25) is 4.79 Å². The first-order valence-electron chi connectivity index (χ1n) is 4.77. The van der Waals surface area contributed by atoms with Crippen LogP contribution in [-0.2, 0) is 9.53 Å². The number of esters is 1. The molecule has 0 spiro atoms. The van der Waals surface area contributed by atoms with E-state index in [1.807, 2.05) is 42.5 Å². The molecular formula is C12H12O2. The molecule has 1 atom stereocenters. The summed E-state index contributed by atoms with van der Waals surface area (Å²) in [5.74, 6) is -0.0901. The van der Waals surface area contributed by atoms with E-state index in [1.165, 1.54) is 0 Å². The van der Waals surface area contributed by atoms with Gasteiger partial charge < -0.3 is 4.74 Å². The standard InChI is InChI=1S/C12H12O2/c13-12-9-8-11(14-12)7-6-10-4-2-1-3-5-10/h1-7,11H,8-9H2. The highest BCUT2D eigenvalue weighted by Gasteiger charge is 2.20. The quantitative estimate of drug-likeness (QED) is 0.666. The monoisotopic (exact) mass is 188 g/mol. The van der Waals surface area contributed by atoms with Crippen LogP contribution in [-0.4, -0.2) is 12.1 Å². The molecule has 0 radical (unpaired) electrons. The Balaban J connectivity index is 1.97. The number of carbonyl (C=O) groups excluding carboxylic acids is 1. The van der Waals surface area contributed by atoms with E-state index in [2.05, 4.69) is 0 Å². The Labute approximate surface area is 83.2 Å². The van der Waals surface area contributed by atoms with Crippen LogP contribution in [0.4, 0.5) is 0 Å². The fraction of sp³-hybridized carbons (Fsp3) is 0.250. The van der Waals surface area contributed by atoms with Gasteiger partial charge in [-0.2, -0.15) is 0 Å². The van der Waals surface area contributed by atoms with Crippen LogP contribution in [0.15, 0.2) is 36.4 Å². The predicted molar refractivity (Wildman–Crippen MR) is 54.6 cm³/mol. The van der Waals surface area contributed by atoms with Gasteiger partial charge in [0.1, 0.15) is 6.10 Å². The maximum atomic E-state index is 10.8. The van der Waals surface area contributed by atoms with Crippen LogP contribution in [0.5, 0.6) is 0 Å². The van der Waals surface area contributed by atoms with Crippen LogP contribution < -0.4 is 0 Å². The Bertz CT molecular complexity index is 341. The molecule has 2 nitrogen and oxygen atoms in total. The van der Waals surface area contributed by atoms with Gasteiger partial charge >= 0.3 is 5.97 Å². The summed E-state index contributed by atoms with van der Waals surface area (Å²) < 4.78 is 5.06. The van der Waals surface area contributed by atoms with E-state index in [9.17, 15) is 4.79 Å². The molecule has 1 unspecified atom stereocenters. The van der Waals surface area contributed by atoms with Crippen molar-refractivity contribution in [1.29, 1.82) is 0 Å². The maximum Gasteiger partial charge on any atom is 0.306 e. The normalized spacial score (nSPS) is 21.4. The van der Waals surface area contributed by atoms with Crippen molar-refractivity contribution < 1.29 is 9.53 Å². The second kappa shape index (κ2) is 4.09. The molecule has 0 bridgehead atoms. The average molecular weight is 188 g/mol. The molecule has 0 aliphatic carbocycles. The highest BCUT2D eigenvalue weighted by molar-refractivity contribution is 5.72. The van der Waals surface area contributed by atoms with Gasteiger partial charge in [0.25, 0.3) is 0 Å². The van der Waals surface area contributed by atoms with E-state index >= 15 is 0 Å². The molecule has 1 heterocycles. The Hall–Kier alpha value is -1.57. The molecule has 0 amide bonds. The second-order valence-electron chi connectivity index (χ2n) is 3.34. The van der Waals surface area contributed by atoms with Crippen molar-refractivity contribution in [3.05, 3.63) is 42.0 Å². The molecule has 1 aromatic carbocycles. The lowest BCUT2D eigenvalue weighted by Crippen LogP contribution is -2.01. The Morgan fingerprint density at radius 1 is 1.29 bits per heavy atom. The third-order valence-electron chi connectivity index (χ3n) is 2.22. The van der Waals surface area contributed by atoms with Gasteiger partial charge in [0.2, 0.25) is 0 Å². The minimum absolute atomic E-state index is 0.0253. The number of hydrogen-bond donors (Lipinski definition) is 0. The minimum atomic E-state index is -0.0901. The number of hydrogen-bond acceptors (Lipinski definition) is 2. The molecule has 0 N–H and O–H groups in total. The van der Waals surface area contributed by atoms with E-state index in [0.717, 1.165) is 12.0 Å². The summed E-state index contributed by atoms with van der Waals surface area (Å²) in [6, 6.07) is 9.99. The van der Waals surface area contributed by atoms with Crippen molar-refractivity contribution in [2.24, 2.45) is 0 Å². The highest BCUT2D eigenvalue weighted by atomic mass is 16.5. The van der Waals surface area contributed by atoms with Gasteiger partial charge in [-0.15, -0.1) is 0 Å². The molecule has 2 heteroatoms. The van der Waals surface area contributed by atoms with Crippen LogP contribution in [0.1, 0.15) is 18.4 Å². The van der Waals surface area contributed by atoms with Crippen molar-refractivity contribution in [2.45, 2.75) is 18.9 Å². The van der Waals surface area contributed by atoms with Crippen molar-refractivity contribution in [3.63, 3.8) is 0 Å². The molecular weight excluding hydrogens is 176 g/mol. The van der Waals surface area contributed by atoms with Crippen LogP contribution >= 0.6 is 0 Å². The number of ether oxygens (including phenoxy) is 1. The largest absolute Gasteiger partial charge is 0.458 e. The summed E-state index contributed by atoms with van der Waals surface area (Å²) in [6.07, 6.45) is 5.26. The lowest BCUT2D eigenvalue weighted by Gasteiger charge is -2.01. The summed E-state index contributed by atoms with van der Waals surface area (Å²) in [7, 11) is 0. The van der Waals surface area contributed by atoms with E-state index in [0.29, 0.717) is 6.42 Å². The summed E-state index contributed by atoms with van der Waals surface area (Å²) >= 11 is 0.